The van der Waals surface area contributed by atoms with Crippen LogP contribution in [0.25, 0.3) is 10.6 Å². The third-order valence-electron chi connectivity index (χ3n) is 4.46. The van der Waals surface area contributed by atoms with Crippen LogP contribution in [0.2, 0.25) is 0 Å². The molecule has 1 N–H and O–H groups in total. The van der Waals surface area contributed by atoms with Crippen LogP contribution in [0.5, 0.6) is 11.5 Å². The van der Waals surface area contributed by atoms with E-state index in [1.54, 1.807) is 25.6 Å². The average Bonchev–Trinajstić information content (AvgIpc) is 3.22. The third-order valence-corrected chi connectivity index (χ3v) is 5.40. The Morgan fingerprint density at radius 2 is 1.66 bits per heavy atom. The van der Waals surface area contributed by atoms with Crippen molar-refractivity contribution >= 4 is 22.9 Å². The molecule has 7 heteroatoms. The second kappa shape index (κ2) is 10.0. The summed E-state index contributed by atoms with van der Waals surface area (Å²) in [6.07, 6.45) is 0. The summed E-state index contributed by atoms with van der Waals surface area (Å²) < 4.78 is 10.3. The van der Waals surface area contributed by atoms with Gasteiger partial charge in [-0.05, 0) is 55.1 Å². The molecule has 0 saturated carbocycles. The highest BCUT2D eigenvalue weighted by Gasteiger charge is 2.13. The first-order valence-corrected chi connectivity index (χ1v) is 10.2. The average molecular weight is 412 g/mol. The van der Waals surface area contributed by atoms with Gasteiger partial charge in [0.15, 0.2) is 0 Å². The van der Waals surface area contributed by atoms with Crippen molar-refractivity contribution < 1.29 is 14.3 Å². The highest BCUT2D eigenvalue weighted by atomic mass is 32.1. The molecule has 0 unspecified atom stereocenters. The van der Waals surface area contributed by atoms with Gasteiger partial charge in [-0.2, -0.15) is 0 Å². The van der Waals surface area contributed by atoms with E-state index in [4.69, 9.17) is 14.5 Å². The molecule has 1 heterocycles. The monoisotopic (exact) mass is 411 g/mol. The molecule has 0 aliphatic carbocycles. The van der Waals surface area contributed by atoms with E-state index in [9.17, 15) is 4.79 Å². The third kappa shape index (κ3) is 5.79. The Balaban J connectivity index is 1.57. The lowest BCUT2D eigenvalue weighted by Gasteiger charge is -2.18. The summed E-state index contributed by atoms with van der Waals surface area (Å²) in [5.41, 5.74) is 2.77. The first-order chi connectivity index (χ1) is 14.1. The predicted octanol–water partition coefficient (Wildman–Crippen LogP) is 4.29. The molecule has 1 amide bonds. The van der Waals surface area contributed by atoms with Gasteiger partial charge in [-0.3, -0.25) is 9.69 Å². The van der Waals surface area contributed by atoms with Crippen LogP contribution >= 0.6 is 11.3 Å². The van der Waals surface area contributed by atoms with Crippen molar-refractivity contribution in [1.82, 2.24) is 9.88 Å². The second-order valence-corrected chi connectivity index (χ2v) is 7.31. The van der Waals surface area contributed by atoms with Gasteiger partial charge in [0.25, 0.3) is 0 Å². The number of aromatic nitrogens is 1. The fourth-order valence-electron chi connectivity index (χ4n) is 2.83. The Kier molecular flexibility index (Phi) is 7.21. The normalized spacial score (nSPS) is 10.8. The van der Waals surface area contributed by atoms with E-state index < -0.39 is 0 Å². The number of hydrogen-bond donors (Lipinski definition) is 1. The number of thiazole rings is 1. The van der Waals surface area contributed by atoms with Crippen LogP contribution in [-0.2, 0) is 11.3 Å². The minimum Gasteiger partial charge on any atom is -0.497 e. The van der Waals surface area contributed by atoms with Crippen molar-refractivity contribution in [2.75, 3.05) is 32.6 Å². The van der Waals surface area contributed by atoms with Gasteiger partial charge in [0, 0.05) is 23.2 Å². The number of benzene rings is 2. The Bertz CT molecular complexity index is 923. The van der Waals surface area contributed by atoms with E-state index in [2.05, 4.69) is 10.2 Å². The van der Waals surface area contributed by atoms with E-state index in [0.717, 1.165) is 40.0 Å². The summed E-state index contributed by atoms with van der Waals surface area (Å²) in [4.78, 5) is 19.2. The van der Waals surface area contributed by atoms with Crippen molar-refractivity contribution in [3.63, 3.8) is 0 Å². The fraction of sp³-hybridized carbons (Fsp3) is 0.273. The molecule has 0 aliphatic rings. The number of anilines is 1. The number of amides is 1. The Morgan fingerprint density at radius 1 is 1.03 bits per heavy atom. The summed E-state index contributed by atoms with van der Waals surface area (Å²) in [7, 11) is 3.27. The standard InChI is InChI=1S/C22H25N3O3S/c1-4-25(14-21(26)23-17-7-11-20(28-3)12-8-17)13-18-15-29-22(24-18)16-5-9-19(27-2)10-6-16/h5-12,15H,4,13-14H2,1-3H3,(H,23,26). The molecule has 2 aromatic carbocycles. The van der Waals surface area contributed by atoms with Gasteiger partial charge in [-0.25, -0.2) is 4.98 Å². The van der Waals surface area contributed by atoms with Crippen LogP contribution in [-0.4, -0.2) is 43.1 Å². The molecule has 0 saturated heterocycles. The van der Waals surface area contributed by atoms with Gasteiger partial charge >= 0.3 is 0 Å². The first kappa shape index (κ1) is 20.8. The quantitative estimate of drug-likeness (QED) is 0.569. The summed E-state index contributed by atoms with van der Waals surface area (Å²) >= 11 is 1.60. The van der Waals surface area contributed by atoms with Crippen molar-refractivity contribution in [2.24, 2.45) is 0 Å². The van der Waals surface area contributed by atoms with E-state index in [-0.39, 0.29) is 5.91 Å². The topological polar surface area (TPSA) is 63.7 Å². The lowest BCUT2D eigenvalue weighted by atomic mass is 10.2. The highest BCUT2D eigenvalue weighted by Crippen LogP contribution is 2.26. The Morgan fingerprint density at radius 3 is 2.24 bits per heavy atom. The summed E-state index contributed by atoms with van der Waals surface area (Å²) in [5, 5.41) is 5.92. The lowest BCUT2D eigenvalue weighted by Crippen LogP contribution is -2.32. The molecule has 29 heavy (non-hydrogen) atoms. The van der Waals surface area contributed by atoms with Crippen molar-refractivity contribution in [2.45, 2.75) is 13.5 Å². The number of hydrogen-bond acceptors (Lipinski definition) is 6. The maximum atomic E-state index is 12.4. The van der Waals surface area contributed by atoms with Crippen LogP contribution < -0.4 is 14.8 Å². The number of nitrogens with one attached hydrogen (secondary N) is 1. The van der Waals surface area contributed by atoms with Crippen molar-refractivity contribution in [3.05, 3.63) is 59.6 Å². The SMILES string of the molecule is CCN(CC(=O)Nc1ccc(OC)cc1)Cc1csc(-c2ccc(OC)cc2)n1. The zero-order valence-electron chi connectivity index (χ0n) is 16.8. The molecule has 0 fully saturated rings. The number of carbonyl (C=O) groups is 1. The zero-order valence-corrected chi connectivity index (χ0v) is 17.7. The maximum Gasteiger partial charge on any atom is 0.238 e. The van der Waals surface area contributed by atoms with Crippen LogP contribution in [0.4, 0.5) is 5.69 Å². The molecular formula is C22H25N3O3S. The van der Waals surface area contributed by atoms with Gasteiger partial charge in [0.05, 0.1) is 26.5 Å². The summed E-state index contributed by atoms with van der Waals surface area (Å²) in [6, 6.07) is 15.2. The van der Waals surface area contributed by atoms with Crippen LogP contribution in [0.15, 0.2) is 53.9 Å². The lowest BCUT2D eigenvalue weighted by molar-refractivity contribution is -0.117. The minimum absolute atomic E-state index is 0.0531. The van der Waals surface area contributed by atoms with Gasteiger partial charge in [0.1, 0.15) is 16.5 Å². The number of ether oxygens (including phenoxy) is 2. The molecule has 3 aromatic rings. The molecule has 6 nitrogen and oxygen atoms in total. The number of methoxy groups -OCH3 is 2. The highest BCUT2D eigenvalue weighted by molar-refractivity contribution is 7.13. The maximum absolute atomic E-state index is 12.4. The molecule has 1 aromatic heterocycles. The first-order valence-electron chi connectivity index (χ1n) is 9.36. The van der Waals surface area contributed by atoms with Gasteiger partial charge < -0.3 is 14.8 Å². The van der Waals surface area contributed by atoms with Gasteiger partial charge in [-0.15, -0.1) is 11.3 Å². The van der Waals surface area contributed by atoms with E-state index in [1.165, 1.54) is 0 Å². The number of likely N-dealkylation sites (N-methyl/N-ethyl adjacent to an activating group) is 1. The van der Waals surface area contributed by atoms with Crippen LogP contribution in [0, 0.1) is 0 Å². The Hall–Kier alpha value is -2.90. The van der Waals surface area contributed by atoms with E-state index in [1.807, 2.05) is 60.8 Å². The van der Waals surface area contributed by atoms with Crippen molar-refractivity contribution in [1.29, 1.82) is 0 Å². The molecule has 0 bridgehead atoms. The molecule has 152 valence electrons. The zero-order chi connectivity index (χ0) is 20.6. The molecular weight excluding hydrogens is 386 g/mol. The fourth-order valence-corrected chi connectivity index (χ4v) is 3.65. The van der Waals surface area contributed by atoms with E-state index in [0.29, 0.717) is 13.1 Å². The molecule has 0 atom stereocenters. The number of rotatable bonds is 9. The summed E-state index contributed by atoms with van der Waals surface area (Å²) in [5.74, 6) is 1.53. The minimum atomic E-state index is -0.0531. The molecule has 0 aliphatic heterocycles. The molecule has 3 rings (SSSR count). The van der Waals surface area contributed by atoms with Crippen LogP contribution in [0.1, 0.15) is 12.6 Å². The van der Waals surface area contributed by atoms with Gasteiger partial charge in [-0.1, -0.05) is 6.92 Å². The van der Waals surface area contributed by atoms with Crippen LogP contribution in [0.3, 0.4) is 0 Å². The number of nitrogens with zero attached hydrogens (tertiary/aromatic N) is 2. The predicted molar refractivity (Wildman–Crippen MR) is 117 cm³/mol. The Labute approximate surface area is 175 Å². The van der Waals surface area contributed by atoms with Crippen molar-refractivity contribution in [3.8, 4) is 22.1 Å². The van der Waals surface area contributed by atoms with E-state index >= 15 is 0 Å². The molecule has 0 spiro atoms. The second-order valence-electron chi connectivity index (χ2n) is 6.45. The number of carbonyl (C=O) groups excluding carboxylic acids is 1. The van der Waals surface area contributed by atoms with Gasteiger partial charge in [0.2, 0.25) is 5.91 Å². The largest absolute Gasteiger partial charge is 0.497 e. The molecule has 0 radical (unpaired) electrons. The smallest absolute Gasteiger partial charge is 0.238 e. The summed E-state index contributed by atoms with van der Waals surface area (Å²) in [6.45, 7) is 3.72.